The molecule has 1 aromatic heterocycles. The van der Waals surface area contributed by atoms with Crippen molar-refractivity contribution in [2.75, 3.05) is 38.2 Å². The average molecular weight is 356 g/mol. The van der Waals surface area contributed by atoms with E-state index >= 15 is 0 Å². The Morgan fingerprint density at radius 2 is 2.08 bits per heavy atom. The van der Waals surface area contributed by atoms with Crippen molar-refractivity contribution < 1.29 is 9.13 Å². The van der Waals surface area contributed by atoms with Gasteiger partial charge in [0.1, 0.15) is 11.9 Å². The number of halogens is 1. The largest absolute Gasteiger partial charge is 0.382 e. The molecule has 1 saturated heterocycles. The number of anilines is 1. The summed E-state index contributed by atoms with van der Waals surface area (Å²) < 4.78 is 19.4. The lowest BCUT2D eigenvalue weighted by Crippen LogP contribution is -2.49. The third-order valence-electron chi connectivity index (χ3n) is 5.02. The summed E-state index contributed by atoms with van der Waals surface area (Å²) in [7, 11) is 0. The minimum Gasteiger partial charge on any atom is -0.382 e. The minimum absolute atomic E-state index is 0.309. The number of hydrogen-bond acceptors (Lipinski definition) is 5. The molecular formula is C20H25FN4O. The Balaban J connectivity index is 1.92. The molecule has 2 aromatic rings. The van der Waals surface area contributed by atoms with Gasteiger partial charge in [-0.25, -0.2) is 4.39 Å². The first-order valence-corrected chi connectivity index (χ1v) is 9.06. The molecule has 1 aliphatic heterocycles. The summed E-state index contributed by atoms with van der Waals surface area (Å²) in [5, 5.41) is 13.6. The van der Waals surface area contributed by atoms with Crippen LogP contribution in [0.3, 0.4) is 0 Å². The summed E-state index contributed by atoms with van der Waals surface area (Å²) in [5.41, 5.74) is 2.59. The van der Waals surface area contributed by atoms with Gasteiger partial charge in [0, 0.05) is 37.3 Å². The predicted molar refractivity (Wildman–Crippen MR) is 101 cm³/mol. The van der Waals surface area contributed by atoms with Crippen LogP contribution in [-0.4, -0.2) is 48.8 Å². The van der Waals surface area contributed by atoms with E-state index in [0.717, 1.165) is 37.4 Å². The summed E-state index contributed by atoms with van der Waals surface area (Å²) in [6.45, 7) is 10.2. The molecule has 6 heteroatoms. The van der Waals surface area contributed by atoms with Crippen LogP contribution < -0.4 is 5.32 Å². The Kier molecular flexibility index (Phi) is 5.70. The maximum atomic E-state index is 14.0. The summed E-state index contributed by atoms with van der Waals surface area (Å²) >= 11 is 0. The molecule has 1 N–H and O–H groups in total. The second-order valence-corrected chi connectivity index (χ2v) is 7.12. The van der Waals surface area contributed by atoms with Gasteiger partial charge >= 0.3 is 0 Å². The van der Waals surface area contributed by atoms with Gasteiger partial charge in [0.25, 0.3) is 0 Å². The highest BCUT2D eigenvalue weighted by Crippen LogP contribution is 2.29. The highest BCUT2D eigenvalue weighted by Gasteiger charge is 2.24. The minimum atomic E-state index is -0.316. The maximum absolute atomic E-state index is 14.0. The number of rotatable bonds is 5. The van der Waals surface area contributed by atoms with Crippen LogP contribution in [0.25, 0.3) is 10.9 Å². The van der Waals surface area contributed by atoms with Crippen LogP contribution in [0, 0.1) is 30.0 Å². The smallest absolute Gasteiger partial charge is 0.124 e. The molecule has 1 atom stereocenters. The zero-order chi connectivity index (χ0) is 18.7. The van der Waals surface area contributed by atoms with Crippen LogP contribution in [0.5, 0.6) is 0 Å². The lowest BCUT2D eigenvalue weighted by molar-refractivity contribution is 0.00955. The third kappa shape index (κ3) is 3.79. The molecule has 0 aliphatic carbocycles. The Labute approximate surface area is 153 Å². The normalized spacial score (nSPS) is 16.6. The van der Waals surface area contributed by atoms with E-state index in [4.69, 9.17) is 4.74 Å². The third-order valence-corrected chi connectivity index (χ3v) is 5.02. The molecule has 138 valence electrons. The van der Waals surface area contributed by atoms with Gasteiger partial charge < -0.3 is 10.1 Å². The van der Waals surface area contributed by atoms with Crippen LogP contribution >= 0.6 is 0 Å². The van der Waals surface area contributed by atoms with Gasteiger partial charge in [0.15, 0.2) is 0 Å². The number of aryl methyl sites for hydroxylation is 1. The van der Waals surface area contributed by atoms with Crippen molar-refractivity contribution in [1.82, 2.24) is 9.88 Å². The number of aromatic nitrogens is 1. The van der Waals surface area contributed by atoms with Crippen molar-refractivity contribution in [3.63, 3.8) is 0 Å². The van der Waals surface area contributed by atoms with E-state index in [1.807, 2.05) is 6.92 Å². The molecule has 1 unspecified atom stereocenters. The van der Waals surface area contributed by atoms with Crippen molar-refractivity contribution in [1.29, 1.82) is 5.26 Å². The highest BCUT2D eigenvalue weighted by atomic mass is 19.1. The standard InChI is InChI=1S/C20H25FN4O/c1-13(2)18(25-4-6-26-7-5-25)12-24-20-15(10-22)11-23-19-14(3)8-16(21)9-17(19)20/h8-9,11,13,18H,4-7,12H2,1-3H3,(H,23,24). The first-order valence-electron chi connectivity index (χ1n) is 9.06. The number of fused-ring (bicyclic) bond motifs is 1. The quantitative estimate of drug-likeness (QED) is 0.890. The number of hydrogen-bond donors (Lipinski definition) is 1. The second kappa shape index (κ2) is 7.98. The molecule has 5 nitrogen and oxygen atoms in total. The van der Waals surface area contributed by atoms with Gasteiger partial charge in [-0.2, -0.15) is 5.26 Å². The van der Waals surface area contributed by atoms with Crippen molar-refractivity contribution in [3.05, 3.63) is 35.3 Å². The van der Waals surface area contributed by atoms with E-state index in [1.165, 1.54) is 12.1 Å². The predicted octanol–water partition coefficient (Wildman–Crippen LogP) is 3.32. The molecule has 26 heavy (non-hydrogen) atoms. The Morgan fingerprint density at radius 1 is 1.35 bits per heavy atom. The van der Waals surface area contributed by atoms with Crippen molar-refractivity contribution >= 4 is 16.6 Å². The molecule has 0 amide bonds. The van der Waals surface area contributed by atoms with Crippen molar-refractivity contribution in [3.8, 4) is 6.07 Å². The van der Waals surface area contributed by atoms with Gasteiger partial charge in [-0.1, -0.05) is 13.8 Å². The van der Waals surface area contributed by atoms with E-state index < -0.39 is 0 Å². The topological polar surface area (TPSA) is 61.2 Å². The monoisotopic (exact) mass is 356 g/mol. The number of ether oxygens (including phenoxy) is 1. The van der Waals surface area contributed by atoms with E-state index in [2.05, 4.69) is 35.1 Å². The van der Waals surface area contributed by atoms with Gasteiger partial charge in [-0.3, -0.25) is 9.88 Å². The van der Waals surface area contributed by atoms with E-state index in [-0.39, 0.29) is 5.82 Å². The van der Waals surface area contributed by atoms with Crippen LogP contribution in [0.15, 0.2) is 18.3 Å². The van der Waals surface area contributed by atoms with Crippen LogP contribution in [-0.2, 0) is 4.74 Å². The lowest BCUT2D eigenvalue weighted by atomic mass is 10.0. The molecule has 1 aromatic carbocycles. The van der Waals surface area contributed by atoms with Crippen molar-refractivity contribution in [2.24, 2.45) is 5.92 Å². The first kappa shape index (κ1) is 18.6. The zero-order valence-corrected chi connectivity index (χ0v) is 15.6. The van der Waals surface area contributed by atoms with Crippen molar-refractivity contribution in [2.45, 2.75) is 26.8 Å². The van der Waals surface area contributed by atoms with E-state index in [9.17, 15) is 9.65 Å². The first-order chi connectivity index (χ1) is 12.5. The molecule has 1 fully saturated rings. The number of pyridine rings is 1. The van der Waals surface area contributed by atoms with Gasteiger partial charge in [0.2, 0.25) is 0 Å². The molecule has 2 heterocycles. The Hall–Kier alpha value is -2.23. The molecule has 0 bridgehead atoms. The van der Waals surface area contributed by atoms with E-state index in [1.54, 1.807) is 6.20 Å². The SMILES string of the molecule is Cc1cc(F)cc2c(NCC(C(C)C)N3CCOCC3)c(C#N)cnc12. The van der Waals surface area contributed by atoms with Gasteiger partial charge in [-0.15, -0.1) is 0 Å². The maximum Gasteiger partial charge on any atom is 0.124 e. The zero-order valence-electron chi connectivity index (χ0n) is 15.6. The second-order valence-electron chi connectivity index (χ2n) is 7.12. The summed E-state index contributed by atoms with van der Waals surface area (Å²) in [4.78, 5) is 6.77. The average Bonchev–Trinajstić information content (AvgIpc) is 2.62. The summed E-state index contributed by atoms with van der Waals surface area (Å²) in [6.07, 6.45) is 1.56. The van der Waals surface area contributed by atoms with Crippen LogP contribution in [0.4, 0.5) is 10.1 Å². The van der Waals surface area contributed by atoms with Crippen LogP contribution in [0.2, 0.25) is 0 Å². The molecular weight excluding hydrogens is 331 g/mol. The van der Waals surface area contributed by atoms with Gasteiger partial charge in [0.05, 0.1) is 30.0 Å². The number of nitriles is 1. The fourth-order valence-corrected chi connectivity index (χ4v) is 3.61. The molecule has 0 radical (unpaired) electrons. The molecule has 0 saturated carbocycles. The van der Waals surface area contributed by atoms with Crippen LogP contribution in [0.1, 0.15) is 25.0 Å². The highest BCUT2D eigenvalue weighted by molar-refractivity contribution is 5.95. The summed E-state index contributed by atoms with van der Waals surface area (Å²) in [5.74, 6) is 0.126. The fraction of sp³-hybridized carbons (Fsp3) is 0.500. The number of morpholine rings is 1. The summed E-state index contributed by atoms with van der Waals surface area (Å²) in [6, 6.07) is 5.41. The fourth-order valence-electron chi connectivity index (χ4n) is 3.61. The Morgan fingerprint density at radius 3 is 2.73 bits per heavy atom. The lowest BCUT2D eigenvalue weighted by Gasteiger charge is -2.37. The molecule has 0 spiro atoms. The number of nitrogens with zero attached hydrogens (tertiary/aromatic N) is 3. The van der Waals surface area contributed by atoms with Gasteiger partial charge in [-0.05, 0) is 30.5 Å². The number of benzene rings is 1. The Bertz CT molecular complexity index is 825. The molecule has 1 aliphatic rings. The molecule has 3 rings (SSSR count). The number of nitrogens with one attached hydrogen (secondary N) is 1. The van der Waals surface area contributed by atoms with E-state index in [0.29, 0.717) is 35.1 Å².